The summed E-state index contributed by atoms with van der Waals surface area (Å²) in [4.78, 5) is 0. The van der Waals surface area contributed by atoms with Gasteiger partial charge in [0.2, 0.25) is 0 Å². The highest BCUT2D eigenvalue weighted by atomic mass is 16.3. The fourth-order valence-corrected chi connectivity index (χ4v) is 1.25. The number of rotatable bonds is 3. The molecule has 1 N–H and O–H groups in total. The maximum absolute atomic E-state index is 9.72. The van der Waals surface area contributed by atoms with E-state index in [1.165, 1.54) is 0 Å². The van der Waals surface area contributed by atoms with Gasteiger partial charge in [-0.25, -0.2) is 0 Å². The molecule has 0 aliphatic rings. The summed E-state index contributed by atoms with van der Waals surface area (Å²) in [5, 5.41) is 9.72. The third kappa shape index (κ3) is 4.01. The number of hydrogen-bond donors (Lipinski definition) is 1. The molecule has 0 bridgehead atoms. The topological polar surface area (TPSA) is 20.2 Å². The van der Waals surface area contributed by atoms with Gasteiger partial charge < -0.3 is 5.11 Å². The average molecular weight is 200 g/mol. The molecule has 0 saturated heterocycles. The predicted molar refractivity (Wildman–Crippen MR) is 64.1 cm³/mol. The van der Waals surface area contributed by atoms with Crippen LogP contribution in [0.1, 0.15) is 19.4 Å². The summed E-state index contributed by atoms with van der Waals surface area (Å²) in [6, 6.07) is 9.92. The van der Waals surface area contributed by atoms with Crippen LogP contribution in [0.25, 0.3) is 6.08 Å². The van der Waals surface area contributed by atoms with Crippen LogP contribution in [-0.4, -0.2) is 11.2 Å². The van der Waals surface area contributed by atoms with Crippen molar-refractivity contribution in [2.45, 2.75) is 20.0 Å². The average Bonchev–Trinajstić information content (AvgIpc) is 2.27. The fourth-order valence-electron chi connectivity index (χ4n) is 1.25. The molecule has 1 heteroatoms. The minimum atomic E-state index is -0.502. The highest BCUT2D eigenvalue weighted by Crippen LogP contribution is 2.07. The molecule has 78 valence electrons. The Morgan fingerprint density at radius 2 is 1.93 bits per heavy atom. The van der Waals surface area contributed by atoms with Gasteiger partial charge in [-0.15, -0.1) is 5.92 Å². The molecule has 1 aromatic rings. The van der Waals surface area contributed by atoms with Crippen molar-refractivity contribution in [1.82, 2.24) is 0 Å². The number of benzene rings is 1. The first-order valence-electron chi connectivity index (χ1n) is 5.07. The Kier molecular flexibility index (Phi) is 4.66. The second kappa shape index (κ2) is 6.06. The highest BCUT2D eigenvalue weighted by molar-refractivity contribution is 5.49. The molecule has 0 spiro atoms. The van der Waals surface area contributed by atoms with E-state index < -0.39 is 6.10 Å². The van der Waals surface area contributed by atoms with Crippen LogP contribution in [0.15, 0.2) is 36.4 Å². The first-order chi connectivity index (χ1) is 7.24. The monoisotopic (exact) mass is 200 g/mol. The van der Waals surface area contributed by atoms with Gasteiger partial charge in [0.15, 0.2) is 0 Å². The second-order valence-corrected chi connectivity index (χ2v) is 3.44. The van der Waals surface area contributed by atoms with Crippen LogP contribution >= 0.6 is 0 Å². The Hall–Kier alpha value is -1.52. The Morgan fingerprint density at radius 3 is 2.53 bits per heavy atom. The van der Waals surface area contributed by atoms with Crippen LogP contribution in [-0.2, 0) is 0 Å². The normalized spacial score (nSPS) is 14.3. The van der Waals surface area contributed by atoms with Crippen LogP contribution in [0.2, 0.25) is 0 Å². The van der Waals surface area contributed by atoms with E-state index in [0.29, 0.717) is 0 Å². The van der Waals surface area contributed by atoms with Gasteiger partial charge in [0.25, 0.3) is 0 Å². The minimum Gasteiger partial charge on any atom is -0.388 e. The van der Waals surface area contributed by atoms with E-state index >= 15 is 0 Å². The molecule has 0 radical (unpaired) electrons. The summed E-state index contributed by atoms with van der Waals surface area (Å²) in [7, 11) is 0. The van der Waals surface area contributed by atoms with Gasteiger partial charge in [0.1, 0.15) is 0 Å². The van der Waals surface area contributed by atoms with Crippen LogP contribution < -0.4 is 0 Å². The Bertz CT molecular complexity index is 367. The van der Waals surface area contributed by atoms with E-state index in [9.17, 15) is 5.11 Å². The van der Waals surface area contributed by atoms with Crippen LogP contribution in [0.5, 0.6) is 0 Å². The number of aliphatic hydroxyl groups is 1. The van der Waals surface area contributed by atoms with Crippen molar-refractivity contribution < 1.29 is 5.11 Å². The first-order valence-corrected chi connectivity index (χ1v) is 5.07. The van der Waals surface area contributed by atoms with Crippen LogP contribution in [0.4, 0.5) is 0 Å². The summed E-state index contributed by atoms with van der Waals surface area (Å²) in [6.07, 6.45) is 3.20. The molecule has 0 amide bonds. The van der Waals surface area contributed by atoms with Gasteiger partial charge in [-0.1, -0.05) is 48.4 Å². The number of aliphatic hydroxyl groups excluding tert-OH is 1. The van der Waals surface area contributed by atoms with Crippen molar-refractivity contribution >= 4 is 6.08 Å². The summed E-state index contributed by atoms with van der Waals surface area (Å²) in [6.45, 7) is 3.70. The first kappa shape index (κ1) is 11.6. The lowest BCUT2D eigenvalue weighted by molar-refractivity contribution is 0.190. The fraction of sp³-hybridized carbons (Fsp3) is 0.286. The molecule has 0 aromatic heterocycles. The maximum atomic E-state index is 9.72. The largest absolute Gasteiger partial charge is 0.388 e. The lowest BCUT2D eigenvalue weighted by atomic mass is 10.0. The van der Waals surface area contributed by atoms with Crippen molar-refractivity contribution in [2.75, 3.05) is 0 Å². The second-order valence-electron chi connectivity index (χ2n) is 3.44. The quantitative estimate of drug-likeness (QED) is 0.744. The molecule has 1 nitrogen and oxygen atoms in total. The van der Waals surface area contributed by atoms with Gasteiger partial charge in [-0.05, 0) is 19.4 Å². The van der Waals surface area contributed by atoms with Crippen molar-refractivity contribution in [3.8, 4) is 11.8 Å². The van der Waals surface area contributed by atoms with E-state index in [0.717, 1.165) is 5.56 Å². The van der Waals surface area contributed by atoms with Crippen molar-refractivity contribution in [3.05, 3.63) is 42.0 Å². The van der Waals surface area contributed by atoms with Gasteiger partial charge >= 0.3 is 0 Å². The Balaban J connectivity index is 2.61. The SMILES string of the molecule is CC#C[C@@H](C)[C@@H](O)/C=C/c1ccccc1. The molecule has 0 aliphatic carbocycles. The predicted octanol–water partition coefficient (Wildman–Crippen LogP) is 2.72. The lowest BCUT2D eigenvalue weighted by Gasteiger charge is -2.08. The van der Waals surface area contributed by atoms with Gasteiger partial charge in [0, 0.05) is 5.92 Å². The van der Waals surface area contributed by atoms with E-state index in [1.54, 1.807) is 13.0 Å². The molecule has 0 saturated carbocycles. The summed E-state index contributed by atoms with van der Waals surface area (Å²) in [5.74, 6) is 5.71. The minimum absolute atomic E-state index is 0.0186. The smallest absolute Gasteiger partial charge is 0.0858 e. The Labute approximate surface area is 91.5 Å². The zero-order chi connectivity index (χ0) is 11.1. The van der Waals surface area contributed by atoms with E-state index in [1.807, 2.05) is 43.3 Å². The zero-order valence-electron chi connectivity index (χ0n) is 9.14. The third-order valence-electron chi connectivity index (χ3n) is 2.17. The van der Waals surface area contributed by atoms with E-state index in [4.69, 9.17) is 0 Å². The lowest BCUT2D eigenvalue weighted by Crippen LogP contribution is -2.12. The molecule has 0 heterocycles. The molecule has 15 heavy (non-hydrogen) atoms. The molecular formula is C14H16O. The summed E-state index contributed by atoms with van der Waals surface area (Å²) in [5.41, 5.74) is 1.09. The molecular weight excluding hydrogens is 184 g/mol. The molecule has 0 fully saturated rings. The third-order valence-corrected chi connectivity index (χ3v) is 2.17. The molecule has 1 rings (SSSR count). The summed E-state index contributed by atoms with van der Waals surface area (Å²) < 4.78 is 0. The Morgan fingerprint density at radius 1 is 1.27 bits per heavy atom. The van der Waals surface area contributed by atoms with Gasteiger partial charge in [-0.3, -0.25) is 0 Å². The standard InChI is InChI=1S/C14H16O/c1-3-7-12(2)14(15)11-10-13-8-5-4-6-9-13/h4-6,8-12,14-15H,1-2H3/b11-10+/t12-,14+/m1/s1. The van der Waals surface area contributed by atoms with Gasteiger partial charge in [-0.2, -0.15) is 0 Å². The number of hydrogen-bond acceptors (Lipinski definition) is 1. The summed E-state index contributed by atoms with van der Waals surface area (Å²) >= 11 is 0. The molecule has 2 atom stereocenters. The van der Waals surface area contributed by atoms with Crippen molar-refractivity contribution in [1.29, 1.82) is 0 Å². The molecule has 0 aliphatic heterocycles. The maximum Gasteiger partial charge on any atom is 0.0858 e. The molecule has 0 unspecified atom stereocenters. The van der Waals surface area contributed by atoms with Gasteiger partial charge in [0.05, 0.1) is 6.10 Å². The zero-order valence-corrected chi connectivity index (χ0v) is 9.14. The van der Waals surface area contributed by atoms with Crippen molar-refractivity contribution in [3.63, 3.8) is 0 Å². The highest BCUT2D eigenvalue weighted by Gasteiger charge is 2.06. The van der Waals surface area contributed by atoms with E-state index in [2.05, 4.69) is 11.8 Å². The van der Waals surface area contributed by atoms with Crippen molar-refractivity contribution in [2.24, 2.45) is 5.92 Å². The van der Waals surface area contributed by atoms with Crippen LogP contribution in [0, 0.1) is 17.8 Å². The molecule has 1 aromatic carbocycles. The van der Waals surface area contributed by atoms with E-state index in [-0.39, 0.29) is 5.92 Å². The van der Waals surface area contributed by atoms with Crippen LogP contribution in [0.3, 0.4) is 0 Å².